The monoisotopic (exact) mass is 2040 g/mol. The van der Waals surface area contributed by atoms with Gasteiger partial charge in [-0.1, -0.05) is 375 Å². The minimum atomic E-state index is -6.41. The zero-order chi connectivity index (χ0) is 101. The highest BCUT2D eigenvalue weighted by Crippen LogP contribution is 2.58. The number of ether oxygens (including phenoxy) is 7. The van der Waals surface area contributed by atoms with Crippen LogP contribution in [0.3, 0.4) is 0 Å². The number of unbranched alkanes of at least 4 members (excludes halogenated alkanes) is 50. The number of aliphatic hydroxyl groups excluding tert-OH is 4. The van der Waals surface area contributed by atoms with E-state index in [0.29, 0.717) is 64.2 Å². The number of aliphatic hydroxyl groups is 4. The maximum absolute atomic E-state index is 15.5. The second kappa shape index (κ2) is 82.1. The van der Waals surface area contributed by atoms with E-state index in [1.54, 1.807) is 0 Å². The number of phosphoric acid groups is 4. The van der Waals surface area contributed by atoms with Crippen LogP contribution in [0.5, 0.6) is 0 Å². The number of phosphoric ester groups is 4. The van der Waals surface area contributed by atoms with E-state index in [1.807, 2.05) is 0 Å². The van der Waals surface area contributed by atoms with Crippen LogP contribution in [0.2, 0.25) is 0 Å². The summed E-state index contributed by atoms with van der Waals surface area (Å²) in [5, 5.41) is 52.2. The van der Waals surface area contributed by atoms with Gasteiger partial charge in [-0.25, -0.2) is 8.62 Å². The van der Waals surface area contributed by atoms with Gasteiger partial charge in [-0.2, -0.15) is 0 Å². The topological polar surface area (TPSA) is 543 Å². The van der Waals surface area contributed by atoms with E-state index >= 15 is 9.59 Å². The Labute approximate surface area is 822 Å². The Bertz CT molecular complexity index is 3260. The molecule has 137 heavy (non-hydrogen) atoms. The summed E-state index contributed by atoms with van der Waals surface area (Å²) in [4.78, 5) is 143. The molecule has 2 heterocycles. The number of amides is 2. The number of carbonyl (C=O) groups is 6. The van der Waals surface area contributed by atoms with Gasteiger partial charge in [-0.3, -0.25) is 51.6 Å². The Hall–Kier alpha value is -3.02. The van der Waals surface area contributed by atoms with Crippen LogP contribution < -0.4 is 41.7 Å². The molecule has 2 aliphatic heterocycles. The second-order valence-corrected chi connectivity index (χ2v) is 43.7. The molecule has 18 atom stereocenters. The zero-order valence-corrected chi connectivity index (χ0v) is 88.6. The van der Waals surface area contributed by atoms with Gasteiger partial charge >= 0.3 is 23.9 Å². The summed E-state index contributed by atoms with van der Waals surface area (Å²) in [5.41, 5.74) is 7.01. The fraction of sp³-hybridized carbons (Fsp3) is 0.939. The molecular formula is C98H188N4O31P4-2. The van der Waals surface area contributed by atoms with Crippen LogP contribution in [0.15, 0.2) is 0 Å². The van der Waals surface area contributed by atoms with Crippen LogP contribution in [-0.2, 0) is 107 Å². The van der Waals surface area contributed by atoms with Crippen LogP contribution in [0.1, 0.15) is 465 Å². The molecule has 2 aliphatic rings. The van der Waals surface area contributed by atoms with Gasteiger partial charge in [0.2, 0.25) is 11.8 Å². The van der Waals surface area contributed by atoms with Crippen LogP contribution in [0.4, 0.5) is 0 Å². The average Bonchev–Trinajstić information content (AvgIpc) is 0.771. The Balaban J connectivity index is 3.14. The van der Waals surface area contributed by atoms with Crippen molar-refractivity contribution in [2.24, 2.45) is 0 Å². The van der Waals surface area contributed by atoms with Crippen molar-refractivity contribution in [1.29, 1.82) is 0 Å². The van der Waals surface area contributed by atoms with Gasteiger partial charge in [-0.15, -0.1) is 0 Å². The Morgan fingerprint density at radius 3 is 1.01 bits per heavy atom. The molecule has 808 valence electrons. The first-order valence-corrected chi connectivity index (χ1v) is 59.5. The maximum atomic E-state index is 15.5. The van der Waals surface area contributed by atoms with Gasteiger partial charge in [0.1, 0.15) is 61.9 Å². The molecule has 0 aromatic rings. The summed E-state index contributed by atoms with van der Waals surface area (Å²) < 4.78 is 128. The highest BCUT2D eigenvalue weighted by molar-refractivity contribution is 7.60. The molecule has 0 aromatic heterocycles. The van der Waals surface area contributed by atoms with E-state index in [2.05, 4.69) is 76.8 Å². The Morgan fingerprint density at radius 2 is 0.650 bits per heavy atom. The van der Waals surface area contributed by atoms with Gasteiger partial charge < -0.3 is 109 Å². The van der Waals surface area contributed by atoms with E-state index in [4.69, 9.17) is 46.7 Å². The summed E-state index contributed by atoms with van der Waals surface area (Å²) in [6.07, 6.45) is 26.9. The van der Waals surface area contributed by atoms with E-state index in [-0.39, 0.29) is 51.6 Å². The van der Waals surface area contributed by atoms with Crippen molar-refractivity contribution in [3.8, 4) is 0 Å². The minimum Gasteiger partial charge on any atom is -0.756 e. The Morgan fingerprint density at radius 1 is 0.350 bits per heavy atom. The van der Waals surface area contributed by atoms with Crippen molar-refractivity contribution in [2.45, 2.75) is 551 Å². The number of rotatable bonds is 94. The van der Waals surface area contributed by atoms with Crippen molar-refractivity contribution in [3.63, 3.8) is 0 Å². The van der Waals surface area contributed by atoms with Crippen LogP contribution in [0, 0.1) is 0 Å². The number of hydrogen-bond acceptors (Lipinski definition) is 31. The van der Waals surface area contributed by atoms with E-state index in [0.717, 1.165) is 276 Å². The van der Waals surface area contributed by atoms with Gasteiger partial charge in [0.15, 0.2) is 24.8 Å². The molecule has 2 rings (SSSR count). The number of carbonyl (C=O) groups excluding carboxylic acids is 6. The third-order valence-corrected chi connectivity index (χ3v) is 30.2. The SMILES string of the molecule is CCCCCCCCCCCCCC(=O)O[C@H](CCCCCCCCCCC)CC(=O)O[C@@H]1[C@@H](NC(=O)C[C@@H](CCCCCCCCCCC)OC(=O)CCCCCCCCCCC)[C@H](OC[C@H]2O[C@H](OP(=O)([O-])OP(=O)([O-])OCC[NH3+])[C@H](NC(=O)C[C@H](O)CCCCCCCCCCC)[C@@H](OC(=O)C[C@H](O)CCCCCCCCCCC)[C@@H]2O)O[C@H](CO)[C@H]1OP(=O)([O-])OP(=O)([O-])OCC[NH3+]. The van der Waals surface area contributed by atoms with Crippen LogP contribution in [0.25, 0.3) is 0 Å². The molecule has 0 radical (unpaired) electrons. The highest BCUT2D eigenvalue weighted by atomic mass is 31.3. The zero-order valence-electron chi connectivity index (χ0n) is 85.0. The quantitative estimate of drug-likeness (QED) is 0.0121. The Kier molecular flexibility index (Phi) is 77.9. The number of nitrogens with one attached hydrogen (secondary N) is 2. The smallest absolute Gasteiger partial charge is 0.310 e. The van der Waals surface area contributed by atoms with E-state index in [1.165, 1.54) is 19.3 Å². The molecule has 0 saturated carbocycles. The molecule has 0 bridgehead atoms. The molecule has 0 spiro atoms. The lowest BCUT2D eigenvalue weighted by Crippen LogP contribution is -2.68. The lowest BCUT2D eigenvalue weighted by atomic mass is 9.95. The second-order valence-electron chi connectivity index (χ2n) is 37.9. The summed E-state index contributed by atoms with van der Waals surface area (Å²) >= 11 is 0. The minimum absolute atomic E-state index is 0.00265. The average molecular weight is 2040 g/mol. The fourth-order valence-electron chi connectivity index (χ4n) is 17.2. The first-order valence-electron chi connectivity index (χ1n) is 53.7. The van der Waals surface area contributed by atoms with Crippen molar-refractivity contribution in [1.82, 2.24) is 10.6 Å². The lowest BCUT2D eigenvalue weighted by Gasteiger charge is -2.48. The number of hydrogen-bond donors (Lipinski definition) is 8. The largest absolute Gasteiger partial charge is 0.756 e. The van der Waals surface area contributed by atoms with Crippen molar-refractivity contribution in [3.05, 3.63) is 0 Å². The number of esters is 4. The van der Waals surface area contributed by atoms with Crippen molar-refractivity contribution >= 4 is 67.0 Å². The normalized spacial score (nSPS) is 21.2. The molecule has 2 saturated heterocycles. The predicted molar refractivity (Wildman–Crippen MR) is 516 cm³/mol. The standard InChI is InChI=1S/C98H190N4O31P4/c1-7-13-19-25-31-37-38-44-50-56-62-68-88(109)125-82(66-60-54-48-42-35-29-23-17-11-5)76-90(111)129-96-92(102-86(107)75-81(65-59-53-47-41-34-28-22-16-10-4)124-87(108)67-61-55-49-43-36-30-24-18-12-6)97(126-83(77-103)94(96)130-136(117,118)132-134(113,114)122-71-69-99)121-78-84-93(112)95(128-89(110)74-80(105)64-58-52-46-40-33-27-21-15-9-3)91(98(127-84)131-137(119,120)133-135(115,116)123-72-70-100)101-85(106)73-79(104)63-57-51-45-39-32-26-20-14-8-2/h79-84,91-98,103-105,112H,7-78,99-100H2,1-6H3,(H,101,106)(H,102,107)(H,113,114)(H,115,116)(H,117,118)(H,119,120)/p-2/t79-,80-,81-,82-,83-,84-,91-,92-,93-,94-,95-,96-,97-,98-/m1/s1. The summed E-state index contributed by atoms with van der Waals surface area (Å²) in [7, 11) is -24.6. The number of quaternary nitrogens is 2. The fourth-order valence-corrected chi connectivity index (χ4v) is 21.6. The van der Waals surface area contributed by atoms with Crippen LogP contribution >= 0.6 is 31.3 Å². The van der Waals surface area contributed by atoms with E-state index < -0.39 is 205 Å². The molecule has 35 nitrogen and oxygen atoms in total. The van der Waals surface area contributed by atoms with Gasteiger partial charge in [-0.05, 0) is 51.4 Å². The molecule has 0 aliphatic carbocycles. The summed E-state index contributed by atoms with van der Waals surface area (Å²) in [6.45, 7) is 8.56. The third-order valence-electron chi connectivity index (χ3n) is 25.0. The first-order chi connectivity index (χ1) is 65.8. The third kappa shape index (κ3) is 67.4. The van der Waals surface area contributed by atoms with Crippen LogP contribution in [-0.4, -0.2) is 181 Å². The molecule has 2 fully saturated rings. The van der Waals surface area contributed by atoms with Gasteiger partial charge in [0, 0.05) is 12.8 Å². The van der Waals surface area contributed by atoms with E-state index in [9.17, 15) is 77.4 Å². The van der Waals surface area contributed by atoms with Crippen molar-refractivity contribution in [2.75, 3.05) is 39.5 Å². The lowest BCUT2D eigenvalue weighted by molar-refractivity contribution is -0.373. The summed E-state index contributed by atoms with van der Waals surface area (Å²) in [5.74, 6) is -5.81. The molecule has 39 heteroatoms. The van der Waals surface area contributed by atoms with Gasteiger partial charge in [0.25, 0.3) is 31.3 Å². The molecular weight excluding hydrogens is 1850 g/mol. The molecule has 2 amide bonds. The highest BCUT2D eigenvalue weighted by Gasteiger charge is 2.55. The van der Waals surface area contributed by atoms with Gasteiger partial charge in [0.05, 0.1) is 64.2 Å². The maximum Gasteiger partial charge on any atom is 0.310 e. The molecule has 0 aromatic carbocycles. The first kappa shape index (κ1) is 130. The molecule has 4 unspecified atom stereocenters. The van der Waals surface area contributed by atoms with Crippen molar-refractivity contribution < 1.29 is 158 Å². The summed E-state index contributed by atoms with van der Waals surface area (Å²) in [6, 6.07) is -4.40. The predicted octanol–water partition coefficient (Wildman–Crippen LogP) is 16.8. The molecule has 12 N–H and O–H groups in total.